The first kappa shape index (κ1) is 30.8. The lowest BCUT2D eigenvalue weighted by Crippen LogP contribution is -2.61. The quantitative estimate of drug-likeness (QED) is 0.163. The van der Waals surface area contributed by atoms with Crippen molar-refractivity contribution in [3.05, 3.63) is 210 Å². The molecule has 4 nitrogen and oxygen atoms in total. The number of anilines is 10. The van der Waals surface area contributed by atoms with Crippen molar-refractivity contribution in [1.29, 1.82) is 0 Å². The number of hydrogen-bond acceptors (Lipinski definition) is 4. The van der Waals surface area contributed by atoms with Gasteiger partial charge in [-0.1, -0.05) is 140 Å². The standard InChI is InChI=1S/C54H35BN4/c1-3-14-32(15-4-1)56-46-26-13-27-47-48(46)55(42-30-28-40-38-22-11-20-36-34-18-7-9-24-44(34)58(49(36)38)51(40)53(42)56)43-31-29-41-39-23-12-21-37-35-19-8-10-25-45(35)59(50(37)39)52(41)54(43)57(47)33-16-5-2-6-17-33/h1-31,38-39,49-50H. The molecule has 4 unspecified atom stereocenters. The Labute approximate surface area is 343 Å². The molecule has 4 atom stereocenters. The molecule has 2 aliphatic carbocycles. The Balaban J connectivity index is 1.07. The predicted molar refractivity (Wildman–Crippen MR) is 245 cm³/mol. The fourth-order valence-corrected chi connectivity index (χ4v) is 12.5. The minimum Gasteiger partial charge on any atom is -0.330 e. The highest BCUT2D eigenvalue weighted by atomic mass is 15.3. The van der Waals surface area contributed by atoms with E-state index in [-0.39, 0.29) is 30.6 Å². The van der Waals surface area contributed by atoms with E-state index in [1.165, 1.54) is 107 Å². The first-order valence-corrected chi connectivity index (χ1v) is 21.1. The van der Waals surface area contributed by atoms with E-state index in [1.807, 2.05) is 0 Å². The molecule has 0 aromatic heterocycles. The minimum absolute atomic E-state index is 0.0128. The Bertz CT molecular complexity index is 2970. The van der Waals surface area contributed by atoms with Gasteiger partial charge in [0.1, 0.15) is 0 Å². The Hall–Kier alpha value is -7.24. The van der Waals surface area contributed by atoms with Crippen molar-refractivity contribution in [2.45, 2.75) is 23.9 Å². The van der Waals surface area contributed by atoms with Gasteiger partial charge in [0.2, 0.25) is 0 Å². The normalized spacial score (nSPS) is 21.8. The second kappa shape index (κ2) is 10.8. The molecule has 7 aromatic rings. The van der Waals surface area contributed by atoms with Gasteiger partial charge >= 0.3 is 0 Å². The first-order chi connectivity index (χ1) is 29.3. The number of allylic oxidation sites excluding steroid dienone is 4. The van der Waals surface area contributed by atoms with Gasteiger partial charge in [0.25, 0.3) is 6.71 Å². The van der Waals surface area contributed by atoms with E-state index >= 15 is 0 Å². The number of hydrogen-bond donors (Lipinski definition) is 0. The van der Waals surface area contributed by atoms with E-state index in [0.717, 1.165) is 0 Å². The van der Waals surface area contributed by atoms with Crippen LogP contribution in [0, 0.1) is 0 Å². The third-order valence-electron chi connectivity index (χ3n) is 14.6. The summed E-state index contributed by atoms with van der Waals surface area (Å²) in [5, 5.41) is 0. The van der Waals surface area contributed by atoms with Crippen LogP contribution in [0.5, 0.6) is 0 Å². The summed E-state index contributed by atoms with van der Waals surface area (Å²) in [6.45, 7) is 0.0128. The maximum Gasteiger partial charge on any atom is 0.252 e. The second-order valence-corrected chi connectivity index (χ2v) is 17.1. The average Bonchev–Trinajstić information content (AvgIpc) is 4.03. The van der Waals surface area contributed by atoms with Crippen LogP contribution in [-0.2, 0) is 0 Å². The van der Waals surface area contributed by atoms with Crippen LogP contribution in [0.3, 0.4) is 0 Å². The monoisotopic (exact) mass is 750 g/mol. The zero-order valence-electron chi connectivity index (χ0n) is 32.1. The number of benzene rings is 7. The van der Waals surface area contributed by atoms with Gasteiger partial charge in [0.15, 0.2) is 0 Å². The van der Waals surface area contributed by atoms with Crippen LogP contribution in [0.2, 0.25) is 0 Å². The van der Waals surface area contributed by atoms with E-state index < -0.39 is 0 Å². The molecule has 5 heteroatoms. The molecule has 274 valence electrons. The number of nitrogens with zero attached hydrogens (tertiary/aromatic N) is 4. The summed E-state index contributed by atoms with van der Waals surface area (Å²) in [5.41, 5.74) is 25.2. The molecule has 0 N–H and O–H groups in total. The summed E-state index contributed by atoms with van der Waals surface area (Å²) in [6.07, 6.45) is 14.2. The topological polar surface area (TPSA) is 13.0 Å². The SMILES string of the molecule is C1=CC2c3ccc4c(c3N3c5ccccc5C(=C1)C23)N(c1ccccc1)c1cccc2c1B4c1ccc3c(c1N2c1ccccc1)N1c2ccccc2C2=CC=CC3C21. The van der Waals surface area contributed by atoms with Crippen molar-refractivity contribution >= 4 is 91.1 Å². The lowest BCUT2D eigenvalue weighted by molar-refractivity contribution is 0.781. The highest BCUT2D eigenvalue weighted by Gasteiger charge is 2.54. The Kier molecular flexibility index (Phi) is 5.66. The molecule has 0 saturated carbocycles. The molecular formula is C54H35BN4. The molecule has 59 heavy (non-hydrogen) atoms. The van der Waals surface area contributed by atoms with Crippen LogP contribution in [0.4, 0.5) is 56.9 Å². The van der Waals surface area contributed by atoms with E-state index in [0.29, 0.717) is 0 Å². The van der Waals surface area contributed by atoms with Crippen molar-refractivity contribution < 1.29 is 0 Å². The summed E-state index contributed by atoms with van der Waals surface area (Å²) in [4.78, 5) is 10.6. The highest BCUT2D eigenvalue weighted by Crippen LogP contribution is 2.64. The minimum atomic E-state index is 0.0128. The van der Waals surface area contributed by atoms with Gasteiger partial charge in [0.05, 0.1) is 34.8 Å². The molecule has 0 spiro atoms. The van der Waals surface area contributed by atoms with Gasteiger partial charge in [-0.05, 0) is 87.2 Å². The Morgan fingerprint density at radius 1 is 0.390 bits per heavy atom. The molecule has 6 heterocycles. The Morgan fingerprint density at radius 2 is 0.831 bits per heavy atom. The lowest BCUT2D eigenvalue weighted by atomic mass is 9.33. The fraction of sp³-hybridized carbons (Fsp3) is 0.0741. The predicted octanol–water partition coefficient (Wildman–Crippen LogP) is 10.9. The van der Waals surface area contributed by atoms with Crippen LogP contribution >= 0.6 is 0 Å². The molecule has 8 aliphatic rings. The van der Waals surface area contributed by atoms with Crippen LogP contribution in [-0.4, -0.2) is 18.8 Å². The number of fused-ring (bicyclic) bond motifs is 18. The van der Waals surface area contributed by atoms with Crippen LogP contribution < -0.4 is 36.0 Å². The van der Waals surface area contributed by atoms with Crippen LogP contribution in [0.25, 0.3) is 11.1 Å². The van der Waals surface area contributed by atoms with E-state index in [9.17, 15) is 0 Å². The number of para-hydroxylation sites is 4. The fourth-order valence-electron chi connectivity index (χ4n) is 12.5. The van der Waals surface area contributed by atoms with Crippen LogP contribution in [0.15, 0.2) is 188 Å². The van der Waals surface area contributed by atoms with Gasteiger partial charge in [-0.25, -0.2) is 0 Å². The molecular weight excluding hydrogens is 715 g/mol. The molecule has 0 bridgehead atoms. The van der Waals surface area contributed by atoms with Crippen molar-refractivity contribution in [2.75, 3.05) is 19.6 Å². The molecule has 0 saturated heterocycles. The van der Waals surface area contributed by atoms with Gasteiger partial charge in [-0.3, -0.25) is 0 Å². The van der Waals surface area contributed by atoms with Crippen molar-refractivity contribution in [3.8, 4) is 0 Å². The summed E-state index contributed by atoms with van der Waals surface area (Å²) in [5.74, 6) is 0.551. The van der Waals surface area contributed by atoms with Gasteiger partial charge < -0.3 is 19.6 Å². The summed E-state index contributed by atoms with van der Waals surface area (Å²) in [7, 11) is 0. The molecule has 0 fully saturated rings. The summed E-state index contributed by atoms with van der Waals surface area (Å²) in [6, 6.07) is 57.8. The highest BCUT2D eigenvalue weighted by molar-refractivity contribution is 7.00. The maximum absolute atomic E-state index is 2.70. The zero-order chi connectivity index (χ0) is 38.1. The van der Waals surface area contributed by atoms with E-state index in [4.69, 9.17) is 0 Å². The van der Waals surface area contributed by atoms with Gasteiger partial charge in [-0.15, -0.1) is 0 Å². The molecule has 0 radical (unpaired) electrons. The lowest BCUT2D eigenvalue weighted by Gasteiger charge is -2.46. The summed E-state index contributed by atoms with van der Waals surface area (Å²) < 4.78 is 0. The molecule has 7 aromatic carbocycles. The third kappa shape index (κ3) is 3.61. The number of rotatable bonds is 2. The van der Waals surface area contributed by atoms with E-state index in [1.54, 1.807) is 0 Å². The second-order valence-electron chi connectivity index (χ2n) is 17.1. The van der Waals surface area contributed by atoms with Crippen LogP contribution in [0.1, 0.15) is 34.1 Å². The summed E-state index contributed by atoms with van der Waals surface area (Å²) >= 11 is 0. The largest absolute Gasteiger partial charge is 0.330 e. The third-order valence-corrected chi connectivity index (χ3v) is 14.6. The zero-order valence-corrected chi connectivity index (χ0v) is 32.1. The smallest absolute Gasteiger partial charge is 0.252 e. The van der Waals surface area contributed by atoms with Crippen molar-refractivity contribution in [2.24, 2.45) is 0 Å². The van der Waals surface area contributed by atoms with Gasteiger partial charge in [0, 0.05) is 57.1 Å². The van der Waals surface area contributed by atoms with E-state index in [2.05, 4.69) is 208 Å². The maximum atomic E-state index is 2.70. The van der Waals surface area contributed by atoms with Crippen molar-refractivity contribution in [3.63, 3.8) is 0 Å². The Morgan fingerprint density at radius 3 is 1.32 bits per heavy atom. The molecule has 0 amide bonds. The van der Waals surface area contributed by atoms with Gasteiger partial charge in [-0.2, -0.15) is 0 Å². The molecule has 6 aliphatic heterocycles. The van der Waals surface area contributed by atoms with Crippen molar-refractivity contribution in [1.82, 2.24) is 0 Å². The average molecular weight is 751 g/mol. The first-order valence-electron chi connectivity index (χ1n) is 21.1. The molecule has 15 rings (SSSR count).